The predicted molar refractivity (Wildman–Crippen MR) is 134 cm³/mol. The molecule has 0 bridgehead atoms. The van der Waals surface area contributed by atoms with Crippen molar-refractivity contribution < 1.29 is 24.3 Å². The van der Waals surface area contributed by atoms with Gasteiger partial charge in [-0.2, -0.15) is 0 Å². The van der Waals surface area contributed by atoms with E-state index in [0.717, 1.165) is 4.90 Å². The zero-order valence-electron chi connectivity index (χ0n) is 19.0. The van der Waals surface area contributed by atoms with Crippen molar-refractivity contribution in [3.63, 3.8) is 0 Å². The third-order valence-electron chi connectivity index (χ3n) is 5.34. The summed E-state index contributed by atoms with van der Waals surface area (Å²) in [7, 11) is 0. The Morgan fingerprint density at radius 3 is 2.47 bits per heavy atom. The van der Waals surface area contributed by atoms with Crippen molar-refractivity contribution in [1.82, 2.24) is 15.1 Å². The molecule has 12 heteroatoms. The standard InChI is InChI=1S/C22H25Cl2N3O5S2/c1-10(2)26(11(3)4)19(29)13-8-34-21-17(20(30)27(21)18(13)22(31)32)25-16(28)9-33-15-7-12(23)5-6-14(15)24/h5-7,10-11,17,21H,8-9H2,1-4H3,(H,25,28)(H,31,32)/t17?,21-/m1/s1. The summed E-state index contributed by atoms with van der Waals surface area (Å²) in [5, 5.41) is 12.9. The SMILES string of the molecule is CC(C)N(C(=O)C1=C(C(=O)O)N2C(=O)C(NC(=O)CSc3cc(Cl)ccc3Cl)[C@H]2SC1)C(C)C. The summed E-state index contributed by atoms with van der Waals surface area (Å²) in [5.74, 6) is -2.56. The molecule has 3 amide bonds. The third-order valence-corrected chi connectivity index (χ3v) is 8.36. The van der Waals surface area contributed by atoms with Crippen LogP contribution in [0.3, 0.4) is 0 Å². The highest BCUT2D eigenvalue weighted by atomic mass is 35.5. The summed E-state index contributed by atoms with van der Waals surface area (Å²) in [4.78, 5) is 53.9. The highest BCUT2D eigenvalue weighted by Gasteiger charge is 2.55. The van der Waals surface area contributed by atoms with Gasteiger partial charge in [-0.25, -0.2) is 4.79 Å². The van der Waals surface area contributed by atoms with Gasteiger partial charge in [0.15, 0.2) is 0 Å². The van der Waals surface area contributed by atoms with Crippen molar-refractivity contribution in [2.45, 2.75) is 56.1 Å². The first kappa shape index (κ1) is 26.7. The topological polar surface area (TPSA) is 107 Å². The fourth-order valence-electron chi connectivity index (χ4n) is 3.95. The fourth-order valence-corrected chi connectivity index (χ4v) is 6.59. The first-order valence-electron chi connectivity index (χ1n) is 10.5. The van der Waals surface area contributed by atoms with Gasteiger partial charge in [0.1, 0.15) is 17.1 Å². The first-order chi connectivity index (χ1) is 15.9. The van der Waals surface area contributed by atoms with Crippen LogP contribution in [0, 0.1) is 0 Å². The summed E-state index contributed by atoms with van der Waals surface area (Å²) in [6.07, 6.45) is 0. The van der Waals surface area contributed by atoms with Crippen molar-refractivity contribution in [3.05, 3.63) is 39.5 Å². The maximum atomic E-state index is 13.2. The Morgan fingerprint density at radius 1 is 1.24 bits per heavy atom. The van der Waals surface area contributed by atoms with Gasteiger partial charge in [-0.15, -0.1) is 23.5 Å². The van der Waals surface area contributed by atoms with Gasteiger partial charge in [-0.05, 0) is 45.9 Å². The van der Waals surface area contributed by atoms with Crippen LogP contribution in [0.25, 0.3) is 0 Å². The van der Waals surface area contributed by atoms with E-state index in [9.17, 15) is 24.3 Å². The molecular formula is C22H25Cl2N3O5S2. The maximum Gasteiger partial charge on any atom is 0.353 e. The number of fused-ring (bicyclic) bond motifs is 1. The van der Waals surface area contributed by atoms with Crippen LogP contribution in [-0.2, 0) is 19.2 Å². The average Bonchev–Trinajstić information content (AvgIpc) is 2.76. The normalized spacial score (nSPS) is 19.8. The largest absolute Gasteiger partial charge is 0.477 e. The lowest BCUT2D eigenvalue weighted by atomic mass is 10.0. The number of carbonyl (C=O) groups is 4. The Labute approximate surface area is 216 Å². The molecule has 0 aromatic heterocycles. The van der Waals surface area contributed by atoms with E-state index in [1.807, 2.05) is 27.7 Å². The molecular weight excluding hydrogens is 521 g/mol. The number of carbonyl (C=O) groups excluding carboxylic acids is 3. The highest BCUT2D eigenvalue weighted by molar-refractivity contribution is 8.00. The fraction of sp³-hybridized carbons (Fsp3) is 0.455. The molecule has 2 aliphatic rings. The number of halogens is 2. The second-order valence-corrected chi connectivity index (χ2v) is 11.3. The van der Waals surface area contributed by atoms with Crippen LogP contribution in [0.2, 0.25) is 10.0 Å². The van der Waals surface area contributed by atoms with Crippen LogP contribution in [-0.4, -0.2) is 73.6 Å². The number of hydrogen-bond acceptors (Lipinski definition) is 6. The van der Waals surface area contributed by atoms with Gasteiger partial charge in [-0.1, -0.05) is 23.2 Å². The number of rotatable bonds is 8. The van der Waals surface area contributed by atoms with Crippen molar-refractivity contribution in [2.75, 3.05) is 11.5 Å². The van der Waals surface area contributed by atoms with Crippen molar-refractivity contribution in [2.24, 2.45) is 0 Å². The summed E-state index contributed by atoms with van der Waals surface area (Å²) in [5.41, 5.74) is -0.226. The molecule has 1 aromatic rings. The molecule has 1 saturated heterocycles. The predicted octanol–water partition coefficient (Wildman–Crippen LogP) is 3.47. The number of aliphatic carboxylic acids is 1. The molecule has 0 spiro atoms. The molecule has 0 radical (unpaired) electrons. The maximum absolute atomic E-state index is 13.2. The number of carboxylic acid groups (broad SMARTS) is 1. The molecule has 2 aliphatic heterocycles. The minimum absolute atomic E-state index is 0.00429. The highest BCUT2D eigenvalue weighted by Crippen LogP contribution is 2.41. The van der Waals surface area contributed by atoms with E-state index in [1.165, 1.54) is 23.5 Å². The van der Waals surface area contributed by atoms with E-state index in [4.69, 9.17) is 23.2 Å². The average molecular weight is 546 g/mol. The van der Waals surface area contributed by atoms with Gasteiger partial charge >= 0.3 is 5.97 Å². The van der Waals surface area contributed by atoms with Gasteiger partial charge in [-0.3, -0.25) is 19.3 Å². The lowest BCUT2D eigenvalue weighted by molar-refractivity contribution is -0.151. The lowest BCUT2D eigenvalue weighted by Gasteiger charge is -2.49. The van der Waals surface area contributed by atoms with Crippen molar-refractivity contribution in [1.29, 1.82) is 0 Å². The zero-order chi connectivity index (χ0) is 25.3. The molecule has 2 atom stereocenters. The first-order valence-corrected chi connectivity index (χ1v) is 13.3. The molecule has 8 nitrogen and oxygen atoms in total. The Bertz CT molecular complexity index is 1050. The van der Waals surface area contributed by atoms with Crippen LogP contribution >= 0.6 is 46.7 Å². The van der Waals surface area contributed by atoms with Gasteiger partial charge in [0, 0.05) is 27.8 Å². The van der Waals surface area contributed by atoms with E-state index >= 15 is 0 Å². The van der Waals surface area contributed by atoms with Crippen LogP contribution < -0.4 is 5.32 Å². The number of nitrogens with zero attached hydrogens (tertiary/aromatic N) is 2. The lowest BCUT2D eigenvalue weighted by Crippen LogP contribution is -2.71. The van der Waals surface area contributed by atoms with Gasteiger partial charge in [0.2, 0.25) is 5.91 Å². The molecule has 0 aliphatic carbocycles. The Hall–Kier alpha value is -1.88. The van der Waals surface area contributed by atoms with Crippen LogP contribution in [0.5, 0.6) is 0 Å². The van der Waals surface area contributed by atoms with E-state index in [2.05, 4.69) is 5.32 Å². The summed E-state index contributed by atoms with van der Waals surface area (Å²) in [6.45, 7) is 7.42. The Balaban J connectivity index is 1.72. The number of nitrogens with one attached hydrogen (secondary N) is 1. The number of thioether (sulfide) groups is 2. The number of amides is 3. The molecule has 1 unspecified atom stereocenters. The smallest absolute Gasteiger partial charge is 0.353 e. The van der Waals surface area contributed by atoms with Crippen LogP contribution in [0.15, 0.2) is 34.4 Å². The molecule has 0 saturated carbocycles. The molecule has 1 fully saturated rings. The second-order valence-electron chi connectivity index (χ2n) is 8.35. The Kier molecular flexibility index (Phi) is 8.49. The second kappa shape index (κ2) is 10.8. The summed E-state index contributed by atoms with van der Waals surface area (Å²) < 4.78 is 0. The van der Waals surface area contributed by atoms with Gasteiger partial charge in [0.05, 0.1) is 16.3 Å². The third kappa shape index (κ3) is 5.35. The van der Waals surface area contributed by atoms with E-state index < -0.39 is 35.1 Å². The molecule has 2 heterocycles. The molecule has 2 N–H and O–H groups in total. The number of carboxylic acids is 1. The summed E-state index contributed by atoms with van der Waals surface area (Å²) in [6, 6.07) is 3.78. The number of hydrogen-bond donors (Lipinski definition) is 2. The molecule has 3 rings (SSSR count). The number of benzene rings is 1. The van der Waals surface area contributed by atoms with Crippen LogP contribution in [0.1, 0.15) is 27.7 Å². The Morgan fingerprint density at radius 2 is 1.88 bits per heavy atom. The zero-order valence-corrected chi connectivity index (χ0v) is 22.1. The van der Waals surface area contributed by atoms with Crippen molar-refractivity contribution >= 4 is 70.4 Å². The monoisotopic (exact) mass is 545 g/mol. The molecule has 34 heavy (non-hydrogen) atoms. The number of β-lactam (4-membered cyclic amide) rings is 1. The van der Waals surface area contributed by atoms with E-state index in [1.54, 1.807) is 23.1 Å². The van der Waals surface area contributed by atoms with Crippen LogP contribution in [0.4, 0.5) is 0 Å². The van der Waals surface area contributed by atoms with E-state index in [-0.39, 0.29) is 34.9 Å². The minimum atomic E-state index is -1.34. The van der Waals surface area contributed by atoms with Gasteiger partial charge in [0.25, 0.3) is 11.8 Å². The quantitative estimate of drug-likeness (QED) is 0.380. The van der Waals surface area contributed by atoms with Gasteiger partial charge < -0.3 is 15.3 Å². The minimum Gasteiger partial charge on any atom is -0.477 e. The molecule has 184 valence electrons. The van der Waals surface area contributed by atoms with Crippen molar-refractivity contribution in [3.8, 4) is 0 Å². The molecule has 1 aromatic carbocycles. The summed E-state index contributed by atoms with van der Waals surface area (Å²) >= 11 is 14.5. The van der Waals surface area contributed by atoms with E-state index in [0.29, 0.717) is 14.9 Å².